The zero-order valence-corrected chi connectivity index (χ0v) is 17.1. The van der Waals surface area contributed by atoms with Crippen LogP contribution in [0.4, 0.5) is 14.9 Å². The van der Waals surface area contributed by atoms with E-state index in [1.807, 2.05) is 24.3 Å². The van der Waals surface area contributed by atoms with Crippen molar-refractivity contribution in [2.75, 3.05) is 38.2 Å². The Morgan fingerprint density at radius 2 is 1.93 bits per heavy atom. The molecule has 30 heavy (non-hydrogen) atoms. The number of carbonyl (C=O) groups excluding carboxylic acids is 1. The number of methoxy groups -OCH3 is 1. The molecule has 2 fully saturated rings. The van der Waals surface area contributed by atoms with E-state index >= 15 is 0 Å². The Bertz CT molecular complexity index is 881. The van der Waals surface area contributed by atoms with Gasteiger partial charge in [-0.15, -0.1) is 0 Å². The molecule has 2 aromatic rings. The molecular weight excluding hydrogens is 387 g/mol. The van der Waals surface area contributed by atoms with Gasteiger partial charge in [-0.2, -0.15) is 0 Å². The number of cyclic esters (lactones) is 1. The van der Waals surface area contributed by atoms with Crippen molar-refractivity contribution in [3.05, 3.63) is 59.9 Å². The maximum Gasteiger partial charge on any atom is 0.414 e. The van der Waals surface area contributed by atoms with Gasteiger partial charge in [0.1, 0.15) is 17.7 Å². The standard InChI is InChI=1S/C23H27FN2O4/c1-29-20-4-2-3-19(15-20)26-16-21(30-22(26)27)9-12-25-13-10-23(28,11-14-25)17-5-7-18(24)8-6-17/h2-8,15,21,28H,9-14,16H2,1H3. The molecule has 2 saturated heterocycles. The minimum absolute atomic E-state index is 0.165. The maximum absolute atomic E-state index is 13.2. The molecule has 7 heteroatoms. The first kappa shape index (κ1) is 20.6. The Labute approximate surface area is 175 Å². The average molecular weight is 414 g/mol. The SMILES string of the molecule is COc1cccc(N2CC(CCN3CCC(O)(c4ccc(F)cc4)CC3)OC2=O)c1. The van der Waals surface area contributed by atoms with Gasteiger partial charge in [-0.25, -0.2) is 9.18 Å². The van der Waals surface area contributed by atoms with Crippen LogP contribution in [0.3, 0.4) is 0 Å². The van der Waals surface area contributed by atoms with E-state index in [2.05, 4.69) is 4.90 Å². The topological polar surface area (TPSA) is 62.2 Å². The van der Waals surface area contributed by atoms with Crippen molar-refractivity contribution >= 4 is 11.8 Å². The summed E-state index contributed by atoms with van der Waals surface area (Å²) in [5.41, 5.74) is 0.624. The first-order valence-electron chi connectivity index (χ1n) is 10.3. The Hall–Kier alpha value is -2.64. The van der Waals surface area contributed by atoms with Crippen molar-refractivity contribution in [2.24, 2.45) is 0 Å². The summed E-state index contributed by atoms with van der Waals surface area (Å²) in [6, 6.07) is 13.5. The van der Waals surface area contributed by atoms with E-state index in [0.29, 0.717) is 25.1 Å². The fourth-order valence-electron chi connectivity index (χ4n) is 4.18. The zero-order chi connectivity index (χ0) is 21.1. The number of amides is 1. The number of carbonyl (C=O) groups is 1. The fourth-order valence-corrected chi connectivity index (χ4v) is 4.18. The van der Waals surface area contributed by atoms with Crippen LogP contribution in [0.1, 0.15) is 24.8 Å². The number of piperidine rings is 1. The molecule has 160 valence electrons. The third-order valence-corrected chi connectivity index (χ3v) is 6.07. The predicted molar refractivity (Wildman–Crippen MR) is 111 cm³/mol. The molecular formula is C23H27FN2O4. The summed E-state index contributed by atoms with van der Waals surface area (Å²) in [6.07, 6.45) is 1.43. The molecule has 2 aliphatic heterocycles. The highest BCUT2D eigenvalue weighted by atomic mass is 19.1. The Balaban J connectivity index is 1.28. The van der Waals surface area contributed by atoms with Crippen LogP contribution in [0.2, 0.25) is 0 Å². The molecule has 1 unspecified atom stereocenters. The third kappa shape index (κ3) is 4.42. The molecule has 6 nitrogen and oxygen atoms in total. The van der Waals surface area contributed by atoms with Crippen molar-refractivity contribution in [1.29, 1.82) is 0 Å². The molecule has 0 aromatic heterocycles. The normalized spacial score (nSPS) is 21.5. The minimum atomic E-state index is -0.910. The highest BCUT2D eigenvalue weighted by molar-refractivity contribution is 5.89. The second-order valence-electron chi connectivity index (χ2n) is 7.99. The lowest BCUT2D eigenvalue weighted by molar-refractivity contribution is -0.0276. The molecule has 1 atom stereocenters. The van der Waals surface area contributed by atoms with Gasteiger partial charge in [0, 0.05) is 25.7 Å². The van der Waals surface area contributed by atoms with Gasteiger partial charge in [0.15, 0.2) is 0 Å². The molecule has 1 amide bonds. The summed E-state index contributed by atoms with van der Waals surface area (Å²) in [6.45, 7) is 2.80. The summed E-state index contributed by atoms with van der Waals surface area (Å²) in [7, 11) is 1.60. The largest absolute Gasteiger partial charge is 0.497 e. The molecule has 0 bridgehead atoms. The number of ether oxygens (including phenoxy) is 2. The maximum atomic E-state index is 13.2. The summed E-state index contributed by atoms with van der Waals surface area (Å²) >= 11 is 0. The number of hydrogen-bond donors (Lipinski definition) is 1. The molecule has 2 aliphatic rings. The number of likely N-dealkylation sites (tertiary alicyclic amines) is 1. The van der Waals surface area contributed by atoms with Crippen LogP contribution < -0.4 is 9.64 Å². The summed E-state index contributed by atoms with van der Waals surface area (Å²) < 4.78 is 23.9. The molecule has 0 saturated carbocycles. The smallest absolute Gasteiger partial charge is 0.414 e. The highest BCUT2D eigenvalue weighted by Crippen LogP contribution is 2.33. The van der Waals surface area contributed by atoms with E-state index in [1.165, 1.54) is 12.1 Å². The quantitative estimate of drug-likeness (QED) is 0.784. The first-order valence-corrected chi connectivity index (χ1v) is 10.3. The lowest BCUT2D eigenvalue weighted by Crippen LogP contribution is -2.43. The van der Waals surface area contributed by atoms with E-state index in [-0.39, 0.29) is 18.0 Å². The van der Waals surface area contributed by atoms with Crippen molar-refractivity contribution in [1.82, 2.24) is 4.90 Å². The molecule has 0 radical (unpaired) electrons. The number of benzene rings is 2. The van der Waals surface area contributed by atoms with Gasteiger partial charge in [-0.05, 0) is 49.1 Å². The van der Waals surface area contributed by atoms with E-state index in [0.717, 1.165) is 37.3 Å². The first-order chi connectivity index (χ1) is 14.5. The van der Waals surface area contributed by atoms with Crippen LogP contribution in [-0.4, -0.2) is 55.5 Å². The number of halogens is 1. The van der Waals surface area contributed by atoms with Crippen molar-refractivity contribution in [3.63, 3.8) is 0 Å². The van der Waals surface area contributed by atoms with Crippen LogP contribution >= 0.6 is 0 Å². The minimum Gasteiger partial charge on any atom is -0.497 e. The van der Waals surface area contributed by atoms with Gasteiger partial charge in [-0.1, -0.05) is 18.2 Å². The number of rotatable bonds is 6. The van der Waals surface area contributed by atoms with Crippen LogP contribution in [0, 0.1) is 5.82 Å². The molecule has 1 N–H and O–H groups in total. The number of aliphatic hydroxyl groups is 1. The average Bonchev–Trinajstić information content (AvgIpc) is 3.14. The van der Waals surface area contributed by atoms with Gasteiger partial charge < -0.3 is 19.5 Å². The fraction of sp³-hybridized carbons (Fsp3) is 0.435. The number of nitrogens with zero attached hydrogens (tertiary/aromatic N) is 2. The van der Waals surface area contributed by atoms with Gasteiger partial charge in [-0.3, -0.25) is 4.90 Å². The Morgan fingerprint density at radius 1 is 1.20 bits per heavy atom. The van der Waals surface area contributed by atoms with Crippen molar-refractivity contribution < 1.29 is 23.8 Å². The molecule has 2 aromatic carbocycles. The Kier molecular flexibility index (Phi) is 5.92. The third-order valence-electron chi connectivity index (χ3n) is 6.07. The predicted octanol–water partition coefficient (Wildman–Crippen LogP) is 3.53. The molecule has 0 aliphatic carbocycles. The number of anilines is 1. The van der Waals surface area contributed by atoms with Crippen molar-refractivity contribution in [3.8, 4) is 5.75 Å². The van der Waals surface area contributed by atoms with E-state index in [9.17, 15) is 14.3 Å². The highest BCUT2D eigenvalue weighted by Gasteiger charge is 2.36. The van der Waals surface area contributed by atoms with Gasteiger partial charge >= 0.3 is 6.09 Å². The molecule has 0 spiro atoms. The Morgan fingerprint density at radius 3 is 2.63 bits per heavy atom. The van der Waals surface area contributed by atoms with Crippen LogP contribution in [0.25, 0.3) is 0 Å². The van der Waals surface area contributed by atoms with E-state index in [4.69, 9.17) is 9.47 Å². The lowest BCUT2D eigenvalue weighted by Gasteiger charge is -2.38. The zero-order valence-electron chi connectivity index (χ0n) is 17.1. The van der Waals surface area contributed by atoms with E-state index < -0.39 is 5.60 Å². The second kappa shape index (κ2) is 8.62. The van der Waals surface area contributed by atoms with Gasteiger partial charge in [0.25, 0.3) is 0 Å². The lowest BCUT2D eigenvalue weighted by atomic mass is 9.84. The van der Waals surface area contributed by atoms with Gasteiger partial charge in [0.05, 0.1) is 24.9 Å². The van der Waals surface area contributed by atoms with Gasteiger partial charge in [0.2, 0.25) is 0 Å². The van der Waals surface area contributed by atoms with Crippen LogP contribution in [-0.2, 0) is 10.3 Å². The second-order valence-corrected chi connectivity index (χ2v) is 7.99. The molecule has 4 rings (SSSR count). The monoisotopic (exact) mass is 414 g/mol. The van der Waals surface area contributed by atoms with Crippen LogP contribution in [0.5, 0.6) is 5.75 Å². The van der Waals surface area contributed by atoms with Crippen molar-refractivity contribution in [2.45, 2.75) is 31.0 Å². The number of hydrogen-bond acceptors (Lipinski definition) is 5. The summed E-state index contributed by atoms with van der Waals surface area (Å²) in [4.78, 5) is 16.2. The van der Waals surface area contributed by atoms with Crippen LogP contribution in [0.15, 0.2) is 48.5 Å². The summed E-state index contributed by atoms with van der Waals surface area (Å²) in [5, 5.41) is 10.9. The summed E-state index contributed by atoms with van der Waals surface area (Å²) in [5.74, 6) is 0.402. The molecule has 2 heterocycles. The van der Waals surface area contributed by atoms with E-state index in [1.54, 1.807) is 24.1 Å².